The molecule has 0 atom stereocenters. The predicted molar refractivity (Wildman–Crippen MR) is 70.6 cm³/mol. The first-order valence-electron chi connectivity index (χ1n) is 4.83. The molecule has 0 fully saturated rings. The van der Waals surface area contributed by atoms with Crippen molar-refractivity contribution in [2.45, 2.75) is 0 Å². The highest BCUT2D eigenvalue weighted by molar-refractivity contribution is 6.35. The lowest BCUT2D eigenvalue weighted by atomic mass is 10.2. The number of hydrogen-bond donors (Lipinski definition) is 2. The Bertz CT molecular complexity index is 518. The topological polar surface area (TPSA) is 38.0 Å². The Labute approximate surface area is 108 Å². The van der Waals surface area contributed by atoms with E-state index in [0.717, 1.165) is 5.69 Å². The molecule has 0 saturated heterocycles. The second-order valence-electron chi connectivity index (χ2n) is 3.50. The molecule has 3 N–H and O–H groups in total. The van der Waals surface area contributed by atoms with Gasteiger partial charge in [0.05, 0.1) is 10.0 Å². The summed E-state index contributed by atoms with van der Waals surface area (Å²) in [6, 6.07) is 10.1. The van der Waals surface area contributed by atoms with E-state index in [9.17, 15) is 4.39 Å². The molecule has 0 heterocycles. The predicted octanol–water partition coefficient (Wildman–Crippen LogP) is 4.46. The zero-order chi connectivity index (χ0) is 12.4. The molecule has 0 bridgehead atoms. The monoisotopic (exact) mass is 270 g/mol. The molecule has 2 rings (SSSR count). The van der Waals surface area contributed by atoms with Crippen LogP contribution in [0, 0.1) is 5.82 Å². The molecule has 0 saturated carbocycles. The first-order valence-corrected chi connectivity index (χ1v) is 5.59. The molecule has 0 amide bonds. The van der Waals surface area contributed by atoms with Crippen LogP contribution in [-0.2, 0) is 0 Å². The number of nitrogens with one attached hydrogen (secondary N) is 1. The van der Waals surface area contributed by atoms with Crippen molar-refractivity contribution in [3.05, 3.63) is 52.3 Å². The molecular formula is C12H9Cl2FN2. The molecule has 88 valence electrons. The Morgan fingerprint density at radius 3 is 2.00 bits per heavy atom. The summed E-state index contributed by atoms with van der Waals surface area (Å²) in [4.78, 5) is 0. The average molecular weight is 271 g/mol. The maximum atomic E-state index is 13.2. The molecule has 0 aliphatic heterocycles. The van der Waals surface area contributed by atoms with Gasteiger partial charge >= 0.3 is 0 Å². The summed E-state index contributed by atoms with van der Waals surface area (Å²) in [5.41, 5.74) is 7.67. The Morgan fingerprint density at radius 2 is 1.47 bits per heavy atom. The summed E-state index contributed by atoms with van der Waals surface area (Å²) in [6.45, 7) is 0. The van der Waals surface area contributed by atoms with Crippen molar-refractivity contribution in [3.63, 3.8) is 0 Å². The minimum Gasteiger partial charge on any atom is -0.399 e. The molecule has 17 heavy (non-hydrogen) atoms. The van der Waals surface area contributed by atoms with Gasteiger partial charge in [-0.1, -0.05) is 23.2 Å². The largest absolute Gasteiger partial charge is 0.399 e. The molecule has 2 aromatic carbocycles. The van der Waals surface area contributed by atoms with Crippen LogP contribution in [0.1, 0.15) is 0 Å². The van der Waals surface area contributed by atoms with Crippen molar-refractivity contribution in [2.75, 3.05) is 11.1 Å². The summed E-state index contributed by atoms with van der Waals surface area (Å²) in [7, 11) is 0. The van der Waals surface area contributed by atoms with Crippen molar-refractivity contribution in [1.82, 2.24) is 0 Å². The smallest absolute Gasteiger partial charge is 0.160 e. The van der Waals surface area contributed by atoms with Crippen molar-refractivity contribution in [1.29, 1.82) is 0 Å². The van der Waals surface area contributed by atoms with Crippen LogP contribution in [0.4, 0.5) is 21.5 Å². The third kappa shape index (κ3) is 2.81. The van der Waals surface area contributed by atoms with Crippen molar-refractivity contribution < 1.29 is 4.39 Å². The number of rotatable bonds is 2. The zero-order valence-electron chi connectivity index (χ0n) is 8.68. The first kappa shape index (κ1) is 12.0. The SMILES string of the molecule is Nc1ccc(Nc2cc(Cl)c(F)c(Cl)c2)cc1. The van der Waals surface area contributed by atoms with E-state index in [-0.39, 0.29) is 10.0 Å². The average Bonchev–Trinajstić information content (AvgIpc) is 2.29. The van der Waals surface area contributed by atoms with Gasteiger partial charge in [0, 0.05) is 17.1 Å². The summed E-state index contributed by atoms with van der Waals surface area (Å²) < 4.78 is 13.2. The number of nitrogen functional groups attached to an aromatic ring is 1. The van der Waals surface area contributed by atoms with E-state index in [2.05, 4.69) is 5.32 Å². The van der Waals surface area contributed by atoms with Crippen molar-refractivity contribution >= 4 is 40.3 Å². The lowest BCUT2D eigenvalue weighted by Gasteiger charge is -2.08. The van der Waals surface area contributed by atoms with Gasteiger partial charge in [0.2, 0.25) is 0 Å². The zero-order valence-corrected chi connectivity index (χ0v) is 10.2. The Kier molecular flexibility index (Phi) is 3.41. The van der Waals surface area contributed by atoms with Crippen molar-refractivity contribution in [3.8, 4) is 0 Å². The molecule has 0 unspecified atom stereocenters. The highest BCUT2D eigenvalue weighted by atomic mass is 35.5. The highest BCUT2D eigenvalue weighted by Crippen LogP contribution is 2.29. The molecular weight excluding hydrogens is 262 g/mol. The number of anilines is 3. The second-order valence-corrected chi connectivity index (χ2v) is 4.32. The number of nitrogens with two attached hydrogens (primary N) is 1. The maximum absolute atomic E-state index is 13.2. The summed E-state index contributed by atoms with van der Waals surface area (Å²) in [5.74, 6) is -0.615. The van der Waals surface area contributed by atoms with E-state index in [0.29, 0.717) is 11.4 Å². The fraction of sp³-hybridized carbons (Fsp3) is 0. The molecule has 0 aliphatic rings. The van der Waals surface area contributed by atoms with Crippen LogP contribution >= 0.6 is 23.2 Å². The molecule has 0 spiro atoms. The van der Waals surface area contributed by atoms with Gasteiger partial charge in [-0.15, -0.1) is 0 Å². The lowest BCUT2D eigenvalue weighted by molar-refractivity contribution is 0.629. The van der Waals surface area contributed by atoms with Gasteiger partial charge < -0.3 is 11.1 Å². The van der Waals surface area contributed by atoms with E-state index < -0.39 is 5.82 Å². The number of hydrogen-bond acceptors (Lipinski definition) is 2. The van der Waals surface area contributed by atoms with E-state index >= 15 is 0 Å². The fourth-order valence-corrected chi connectivity index (χ4v) is 1.85. The summed E-state index contributed by atoms with van der Waals surface area (Å²) in [6.07, 6.45) is 0. The minimum atomic E-state index is -0.615. The standard InChI is InChI=1S/C12H9Cl2FN2/c13-10-5-9(6-11(14)12(10)15)17-8-3-1-7(16)2-4-8/h1-6,17H,16H2. The Morgan fingerprint density at radius 1 is 0.941 bits per heavy atom. The number of benzene rings is 2. The van der Waals surface area contributed by atoms with Crippen LogP contribution < -0.4 is 11.1 Å². The van der Waals surface area contributed by atoms with Crippen LogP contribution in [0.5, 0.6) is 0 Å². The van der Waals surface area contributed by atoms with Gasteiger partial charge in [-0.25, -0.2) is 4.39 Å². The van der Waals surface area contributed by atoms with Gasteiger partial charge in [0.15, 0.2) is 5.82 Å². The molecule has 5 heteroatoms. The van der Waals surface area contributed by atoms with E-state index in [1.54, 1.807) is 24.3 Å². The Hall–Kier alpha value is -1.45. The van der Waals surface area contributed by atoms with E-state index in [1.165, 1.54) is 12.1 Å². The molecule has 0 radical (unpaired) electrons. The van der Waals surface area contributed by atoms with Crippen LogP contribution in [0.15, 0.2) is 36.4 Å². The van der Waals surface area contributed by atoms with Crippen LogP contribution in [0.3, 0.4) is 0 Å². The van der Waals surface area contributed by atoms with Crippen LogP contribution in [-0.4, -0.2) is 0 Å². The quantitative estimate of drug-likeness (QED) is 0.625. The van der Waals surface area contributed by atoms with Gasteiger partial charge in [-0.3, -0.25) is 0 Å². The highest BCUT2D eigenvalue weighted by Gasteiger charge is 2.07. The molecule has 2 nitrogen and oxygen atoms in total. The summed E-state index contributed by atoms with van der Waals surface area (Å²) in [5, 5.41) is 3.01. The molecule has 2 aromatic rings. The van der Waals surface area contributed by atoms with Gasteiger partial charge in [0.25, 0.3) is 0 Å². The third-order valence-corrected chi connectivity index (χ3v) is 2.73. The molecule has 0 aliphatic carbocycles. The number of halogens is 3. The third-order valence-electron chi connectivity index (χ3n) is 2.18. The van der Waals surface area contributed by atoms with Gasteiger partial charge in [-0.2, -0.15) is 0 Å². The molecule has 0 aromatic heterocycles. The normalized spacial score (nSPS) is 10.3. The summed E-state index contributed by atoms with van der Waals surface area (Å²) >= 11 is 11.4. The van der Waals surface area contributed by atoms with Crippen LogP contribution in [0.25, 0.3) is 0 Å². The van der Waals surface area contributed by atoms with E-state index in [1.807, 2.05) is 0 Å². The van der Waals surface area contributed by atoms with Crippen LogP contribution in [0.2, 0.25) is 10.0 Å². The van der Waals surface area contributed by atoms with E-state index in [4.69, 9.17) is 28.9 Å². The van der Waals surface area contributed by atoms with Crippen molar-refractivity contribution in [2.24, 2.45) is 0 Å². The lowest BCUT2D eigenvalue weighted by Crippen LogP contribution is -1.92. The Balaban J connectivity index is 2.27. The first-order chi connectivity index (χ1) is 8.06. The van der Waals surface area contributed by atoms with Gasteiger partial charge in [0.1, 0.15) is 0 Å². The van der Waals surface area contributed by atoms with Gasteiger partial charge in [-0.05, 0) is 36.4 Å². The maximum Gasteiger partial charge on any atom is 0.160 e. The minimum absolute atomic E-state index is 0.0181. The second kappa shape index (κ2) is 4.82. The fourth-order valence-electron chi connectivity index (χ4n) is 1.36.